The molecule has 1 unspecified atom stereocenters. The van der Waals surface area contributed by atoms with Crippen LogP contribution in [-0.4, -0.2) is 31.4 Å². The first-order valence-electron chi connectivity index (χ1n) is 11.8. The number of rotatable bonds is 9. The molecule has 0 radical (unpaired) electrons. The Morgan fingerprint density at radius 3 is 2.26 bits per heavy atom. The van der Waals surface area contributed by atoms with Gasteiger partial charge in [0.2, 0.25) is 5.90 Å². The van der Waals surface area contributed by atoms with Gasteiger partial charge in [-0.3, -0.25) is 0 Å². The van der Waals surface area contributed by atoms with Gasteiger partial charge >= 0.3 is 0 Å². The number of hydrogen-bond donors (Lipinski definition) is 0. The second-order valence-electron chi connectivity index (χ2n) is 8.57. The van der Waals surface area contributed by atoms with Gasteiger partial charge in [0.25, 0.3) is 0 Å². The van der Waals surface area contributed by atoms with Gasteiger partial charge in [0.15, 0.2) is 0 Å². The molecule has 0 N–H and O–H groups in total. The molecule has 1 aliphatic carbocycles. The van der Waals surface area contributed by atoms with Crippen molar-refractivity contribution >= 4 is 11.6 Å². The standard InChI is InChI=1S/C28H26F2N2O3/c1-2-35-32-26(21-10-11-21)17-33-22-14-12-19(13-15-22)18-6-8-20(9-7-18)25-16-34-28(31-25)27-23(29)4-3-5-24(27)30/h3-9,12-15,21,25H,2,10-11,16-17H2,1H3. The molecule has 7 heteroatoms. The molecule has 1 heterocycles. The van der Waals surface area contributed by atoms with Gasteiger partial charge in [-0.2, -0.15) is 0 Å². The molecule has 5 nitrogen and oxygen atoms in total. The predicted molar refractivity (Wildman–Crippen MR) is 131 cm³/mol. The van der Waals surface area contributed by atoms with E-state index >= 15 is 0 Å². The largest absolute Gasteiger partial charge is 0.488 e. The van der Waals surface area contributed by atoms with Crippen LogP contribution in [-0.2, 0) is 9.57 Å². The maximum Gasteiger partial charge on any atom is 0.222 e. The predicted octanol–water partition coefficient (Wildman–Crippen LogP) is 6.33. The van der Waals surface area contributed by atoms with Crippen molar-refractivity contribution in [2.75, 3.05) is 19.8 Å². The molecule has 0 amide bonds. The molecule has 5 rings (SSSR count). The summed E-state index contributed by atoms with van der Waals surface area (Å²) in [5, 5.41) is 4.19. The minimum Gasteiger partial charge on any atom is -0.488 e. The van der Waals surface area contributed by atoms with Gasteiger partial charge in [-0.15, -0.1) is 0 Å². The van der Waals surface area contributed by atoms with Crippen LogP contribution in [0, 0.1) is 17.6 Å². The van der Waals surface area contributed by atoms with E-state index in [-0.39, 0.29) is 24.1 Å². The van der Waals surface area contributed by atoms with Crippen LogP contribution in [0.1, 0.15) is 36.9 Å². The summed E-state index contributed by atoms with van der Waals surface area (Å²) in [6.45, 7) is 3.14. The van der Waals surface area contributed by atoms with Gasteiger partial charge in [-0.1, -0.05) is 47.6 Å². The van der Waals surface area contributed by atoms with E-state index in [0.717, 1.165) is 41.0 Å². The van der Waals surface area contributed by atoms with Crippen molar-refractivity contribution in [3.63, 3.8) is 0 Å². The summed E-state index contributed by atoms with van der Waals surface area (Å²) < 4.78 is 39.5. The maximum atomic E-state index is 14.1. The second-order valence-corrected chi connectivity index (χ2v) is 8.57. The van der Waals surface area contributed by atoms with E-state index in [1.54, 1.807) is 0 Å². The van der Waals surface area contributed by atoms with Crippen LogP contribution < -0.4 is 4.74 Å². The van der Waals surface area contributed by atoms with E-state index in [0.29, 0.717) is 19.1 Å². The minimum absolute atomic E-state index is 0.00131. The smallest absolute Gasteiger partial charge is 0.222 e. The van der Waals surface area contributed by atoms with Crippen molar-refractivity contribution in [2.45, 2.75) is 25.8 Å². The highest BCUT2D eigenvalue weighted by molar-refractivity contribution is 5.95. The van der Waals surface area contributed by atoms with E-state index in [9.17, 15) is 8.78 Å². The van der Waals surface area contributed by atoms with Gasteiger partial charge in [-0.05, 0) is 60.7 Å². The molecule has 2 aliphatic rings. The monoisotopic (exact) mass is 476 g/mol. The molecule has 3 aromatic rings. The summed E-state index contributed by atoms with van der Waals surface area (Å²) >= 11 is 0. The van der Waals surface area contributed by atoms with Crippen LogP contribution in [0.4, 0.5) is 8.78 Å². The number of benzene rings is 3. The lowest BCUT2D eigenvalue weighted by Crippen LogP contribution is -2.14. The minimum atomic E-state index is -0.683. The molecule has 180 valence electrons. The van der Waals surface area contributed by atoms with Crippen LogP contribution in [0.25, 0.3) is 11.1 Å². The van der Waals surface area contributed by atoms with Gasteiger partial charge in [0, 0.05) is 5.92 Å². The number of ether oxygens (including phenoxy) is 2. The highest BCUT2D eigenvalue weighted by atomic mass is 19.1. The molecule has 3 aromatic carbocycles. The van der Waals surface area contributed by atoms with Crippen molar-refractivity contribution in [1.82, 2.24) is 0 Å². The van der Waals surface area contributed by atoms with Crippen molar-refractivity contribution < 1.29 is 23.1 Å². The van der Waals surface area contributed by atoms with Gasteiger partial charge in [0.1, 0.15) is 48.8 Å². The fourth-order valence-corrected chi connectivity index (χ4v) is 3.96. The zero-order valence-corrected chi connectivity index (χ0v) is 19.4. The lowest BCUT2D eigenvalue weighted by Gasteiger charge is -2.10. The first-order valence-corrected chi connectivity index (χ1v) is 11.8. The number of halogens is 2. The summed E-state index contributed by atoms with van der Waals surface area (Å²) in [5.41, 5.74) is 3.75. The maximum absolute atomic E-state index is 14.1. The molecule has 0 aromatic heterocycles. The Kier molecular flexibility index (Phi) is 6.75. The van der Waals surface area contributed by atoms with Gasteiger partial charge in [0.05, 0.1) is 5.71 Å². The van der Waals surface area contributed by atoms with Crippen molar-refractivity contribution in [2.24, 2.45) is 16.1 Å². The summed E-state index contributed by atoms with van der Waals surface area (Å²) in [4.78, 5) is 9.62. The Morgan fingerprint density at radius 2 is 1.63 bits per heavy atom. The molecule has 1 fully saturated rings. The number of oxime groups is 1. The summed E-state index contributed by atoms with van der Waals surface area (Å²) in [6, 6.07) is 19.2. The van der Waals surface area contributed by atoms with E-state index in [1.807, 2.05) is 55.5 Å². The van der Waals surface area contributed by atoms with Gasteiger partial charge < -0.3 is 14.3 Å². The summed E-state index contributed by atoms with van der Waals surface area (Å²) in [6.07, 6.45) is 2.29. The lowest BCUT2D eigenvalue weighted by molar-refractivity contribution is 0.155. The first-order chi connectivity index (χ1) is 17.1. The fraction of sp³-hybridized carbons (Fsp3) is 0.286. The molecular weight excluding hydrogens is 450 g/mol. The number of hydrogen-bond acceptors (Lipinski definition) is 5. The van der Waals surface area contributed by atoms with E-state index in [1.165, 1.54) is 18.2 Å². The Bertz CT molecular complexity index is 1220. The highest BCUT2D eigenvalue weighted by Gasteiger charge is 2.29. The zero-order valence-electron chi connectivity index (χ0n) is 19.4. The highest BCUT2D eigenvalue weighted by Crippen LogP contribution is 2.32. The van der Waals surface area contributed by atoms with Crippen molar-refractivity contribution in [1.29, 1.82) is 0 Å². The molecule has 1 atom stereocenters. The molecular formula is C28H26F2N2O3. The van der Waals surface area contributed by atoms with Crippen LogP contribution in [0.5, 0.6) is 5.75 Å². The average Bonchev–Trinajstić information content (AvgIpc) is 3.61. The Balaban J connectivity index is 1.23. The quantitative estimate of drug-likeness (QED) is 0.268. The van der Waals surface area contributed by atoms with E-state index in [4.69, 9.17) is 14.3 Å². The Morgan fingerprint density at radius 1 is 0.971 bits per heavy atom. The first kappa shape index (κ1) is 23.0. The van der Waals surface area contributed by atoms with Crippen LogP contribution in [0.15, 0.2) is 76.9 Å². The normalized spacial score (nSPS) is 17.6. The fourth-order valence-electron chi connectivity index (χ4n) is 3.96. The number of aliphatic imine (C=N–C) groups is 1. The Hall–Kier alpha value is -3.74. The van der Waals surface area contributed by atoms with E-state index < -0.39 is 11.6 Å². The third kappa shape index (κ3) is 5.34. The summed E-state index contributed by atoms with van der Waals surface area (Å²) in [7, 11) is 0. The molecule has 1 aliphatic heterocycles. The molecule has 0 bridgehead atoms. The average molecular weight is 477 g/mol. The van der Waals surface area contributed by atoms with Crippen LogP contribution in [0.3, 0.4) is 0 Å². The zero-order chi connectivity index (χ0) is 24.2. The lowest BCUT2D eigenvalue weighted by atomic mass is 10.0. The number of nitrogens with zero attached hydrogens (tertiary/aromatic N) is 2. The molecule has 35 heavy (non-hydrogen) atoms. The second kappa shape index (κ2) is 10.3. The Labute approximate surface area is 203 Å². The van der Waals surface area contributed by atoms with Crippen molar-refractivity contribution in [3.05, 3.63) is 89.5 Å². The van der Waals surface area contributed by atoms with Crippen LogP contribution in [0.2, 0.25) is 0 Å². The third-order valence-electron chi connectivity index (χ3n) is 6.06. The van der Waals surface area contributed by atoms with Crippen molar-refractivity contribution in [3.8, 4) is 16.9 Å². The molecule has 1 saturated carbocycles. The molecule has 0 saturated heterocycles. The SMILES string of the molecule is CCON=C(COc1ccc(-c2ccc(C3COC(c4c(F)cccc4F)=N3)cc2)cc1)C1CC1. The van der Waals surface area contributed by atoms with Crippen LogP contribution >= 0.6 is 0 Å². The third-order valence-corrected chi connectivity index (χ3v) is 6.06. The molecule has 0 spiro atoms. The van der Waals surface area contributed by atoms with E-state index in [2.05, 4.69) is 10.1 Å². The summed E-state index contributed by atoms with van der Waals surface area (Å²) in [5.74, 6) is -0.104. The topological polar surface area (TPSA) is 52.4 Å². The van der Waals surface area contributed by atoms with Gasteiger partial charge in [-0.25, -0.2) is 13.8 Å².